The minimum absolute atomic E-state index is 0.117. The average Bonchev–Trinajstić information content (AvgIpc) is 2.29. The molecule has 4 N–H and O–H groups in total. The predicted octanol–water partition coefficient (Wildman–Crippen LogP) is 2.32. The van der Waals surface area contributed by atoms with Gasteiger partial charge in [-0.15, -0.1) is 0 Å². The lowest BCUT2D eigenvalue weighted by Crippen LogP contribution is -1.86. The Labute approximate surface area is 95.8 Å². The van der Waals surface area contributed by atoms with Crippen molar-refractivity contribution in [2.75, 3.05) is 0 Å². The second-order valence-corrected chi connectivity index (χ2v) is 3.47. The number of hydrogen-bond donors (Lipinski definition) is 4. The third kappa shape index (κ3) is 1.71. The first kappa shape index (κ1) is 11.1. The van der Waals surface area contributed by atoms with Gasteiger partial charge in [0.2, 0.25) is 0 Å². The number of halogens is 1. The molecule has 0 aliphatic heterocycles. The zero-order chi connectivity index (χ0) is 12.6. The quantitative estimate of drug-likeness (QED) is 0.452. The second-order valence-electron chi connectivity index (χ2n) is 3.47. The summed E-state index contributed by atoms with van der Waals surface area (Å²) in [5, 5.41) is 37.8. The van der Waals surface area contributed by atoms with Gasteiger partial charge in [0.05, 0.1) is 5.56 Å². The van der Waals surface area contributed by atoms with Gasteiger partial charge in [-0.3, -0.25) is 0 Å². The molecule has 0 aliphatic carbocycles. The Morgan fingerprint density at radius 1 is 0.824 bits per heavy atom. The highest BCUT2D eigenvalue weighted by molar-refractivity contribution is 5.82. The van der Waals surface area contributed by atoms with Gasteiger partial charge in [0, 0.05) is 11.6 Å². The summed E-state index contributed by atoms with van der Waals surface area (Å²) in [5.74, 6) is -3.35. The van der Waals surface area contributed by atoms with Crippen LogP contribution >= 0.6 is 0 Å². The standard InChI is InChI=1S/C12H9FO4/c13-7-4-2-1-3-6(7)10-11(16)8(14)5-9(15)12(10)17/h1-5,14-17H. The molecule has 17 heavy (non-hydrogen) atoms. The number of phenols is 4. The van der Waals surface area contributed by atoms with E-state index in [1.807, 2.05) is 0 Å². The van der Waals surface area contributed by atoms with Gasteiger partial charge >= 0.3 is 0 Å². The van der Waals surface area contributed by atoms with Crippen LogP contribution in [0, 0.1) is 5.82 Å². The molecule has 88 valence electrons. The van der Waals surface area contributed by atoms with Crippen LogP contribution < -0.4 is 0 Å². The van der Waals surface area contributed by atoms with E-state index in [-0.39, 0.29) is 11.1 Å². The lowest BCUT2D eigenvalue weighted by molar-refractivity contribution is 0.375. The molecule has 0 radical (unpaired) electrons. The summed E-state index contributed by atoms with van der Waals surface area (Å²) in [6.45, 7) is 0. The normalized spacial score (nSPS) is 10.4. The highest BCUT2D eigenvalue weighted by atomic mass is 19.1. The maximum absolute atomic E-state index is 13.5. The molecule has 0 saturated carbocycles. The van der Waals surface area contributed by atoms with Gasteiger partial charge in [0.15, 0.2) is 23.0 Å². The van der Waals surface area contributed by atoms with Crippen LogP contribution in [0.1, 0.15) is 0 Å². The second kappa shape index (κ2) is 3.86. The van der Waals surface area contributed by atoms with Crippen molar-refractivity contribution in [2.24, 2.45) is 0 Å². The zero-order valence-electron chi connectivity index (χ0n) is 8.55. The van der Waals surface area contributed by atoms with E-state index in [0.717, 1.165) is 12.1 Å². The Bertz CT molecular complexity index is 555. The molecular weight excluding hydrogens is 227 g/mol. The van der Waals surface area contributed by atoms with E-state index in [0.29, 0.717) is 0 Å². The van der Waals surface area contributed by atoms with Crippen LogP contribution in [-0.2, 0) is 0 Å². The van der Waals surface area contributed by atoms with Crippen LogP contribution in [0.2, 0.25) is 0 Å². The van der Waals surface area contributed by atoms with Crippen LogP contribution in [0.15, 0.2) is 30.3 Å². The number of aromatic hydroxyl groups is 4. The van der Waals surface area contributed by atoms with E-state index in [1.54, 1.807) is 0 Å². The van der Waals surface area contributed by atoms with Gasteiger partial charge in [-0.05, 0) is 6.07 Å². The Kier molecular flexibility index (Phi) is 2.51. The summed E-state index contributed by atoms with van der Waals surface area (Å²) in [5.41, 5.74) is -0.464. The van der Waals surface area contributed by atoms with Gasteiger partial charge in [0.1, 0.15) is 5.82 Å². The van der Waals surface area contributed by atoms with Crippen LogP contribution in [0.4, 0.5) is 4.39 Å². The molecule has 0 heterocycles. The summed E-state index contributed by atoms with van der Waals surface area (Å²) in [6.07, 6.45) is 0. The largest absolute Gasteiger partial charge is 0.504 e. The van der Waals surface area contributed by atoms with Gasteiger partial charge in [0.25, 0.3) is 0 Å². The van der Waals surface area contributed by atoms with E-state index in [4.69, 9.17) is 0 Å². The molecule has 2 aromatic rings. The maximum Gasteiger partial charge on any atom is 0.169 e. The maximum atomic E-state index is 13.5. The van der Waals surface area contributed by atoms with Gasteiger partial charge in [-0.2, -0.15) is 0 Å². The third-order valence-electron chi connectivity index (χ3n) is 2.38. The molecule has 0 amide bonds. The van der Waals surface area contributed by atoms with Crippen LogP contribution in [0.5, 0.6) is 23.0 Å². The third-order valence-corrected chi connectivity index (χ3v) is 2.38. The van der Waals surface area contributed by atoms with E-state index >= 15 is 0 Å². The van der Waals surface area contributed by atoms with Crippen molar-refractivity contribution in [3.05, 3.63) is 36.1 Å². The van der Waals surface area contributed by atoms with Crippen molar-refractivity contribution >= 4 is 0 Å². The molecule has 2 rings (SSSR count). The van der Waals surface area contributed by atoms with E-state index in [9.17, 15) is 24.8 Å². The summed E-state index contributed by atoms with van der Waals surface area (Å²) in [6, 6.07) is 6.15. The summed E-state index contributed by atoms with van der Waals surface area (Å²) >= 11 is 0. The lowest BCUT2D eigenvalue weighted by Gasteiger charge is -2.11. The van der Waals surface area contributed by atoms with Crippen LogP contribution in [-0.4, -0.2) is 20.4 Å². The topological polar surface area (TPSA) is 80.9 Å². The minimum atomic E-state index is -0.692. The van der Waals surface area contributed by atoms with Gasteiger partial charge in [-0.25, -0.2) is 4.39 Å². The fourth-order valence-electron chi connectivity index (χ4n) is 1.55. The number of phenolic OH excluding ortho intramolecular Hbond substituents is 4. The highest BCUT2D eigenvalue weighted by Gasteiger charge is 2.20. The van der Waals surface area contributed by atoms with E-state index in [1.165, 1.54) is 18.2 Å². The number of benzene rings is 2. The summed E-state index contributed by atoms with van der Waals surface area (Å²) in [4.78, 5) is 0. The molecular formula is C12H9FO4. The smallest absolute Gasteiger partial charge is 0.169 e. The van der Waals surface area contributed by atoms with Crippen molar-refractivity contribution in [1.82, 2.24) is 0 Å². The highest BCUT2D eigenvalue weighted by Crippen LogP contribution is 2.48. The Morgan fingerprint density at radius 3 is 1.88 bits per heavy atom. The number of rotatable bonds is 1. The predicted molar refractivity (Wildman–Crippen MR) is 58.5 cm³/mol. The lowest BCUT2D eigenvalue weighted by atomic mass is 10.0. The van der Waals surface area contributed by atoms with Crippen LogP contribution in [0.25, 0.3) is 11.1 Å². The van der Waals surface area contributed by atoms with Crippen molar-refractivity contribution in [3.8, 4) is 34.1 Å². The fraction of sp³-hybridized carbons (Fsp3) is 0. The van der Waals surface area contributed by atoms with E-state index < -0.39 is 28.8 Å². The molecule has 4 nitrogen and oxygen atoms in total. The van der Waals surface area contributed by atoms with Crippen molar-refractivity contribution in [3.63, 3.8) is 0 Å². The molecule has 0 unspecified atom stereocenters. The molecule has 0 aliphatic rings. The van der Waals surface area contributed by atoms with E-state index in [2.05, 4.69) is 0 Å². The molecule has 0 aromatic heterocycles. The van der Waals surface area contributed by atoms with Crippen molar-refractivity contribution in [1.29, 1.82) is 0 Å². The molecule has 0 spiro atoms. The molecule has 0 fully saturated rings. The molecule has 0 atom stereocenters. The number of hydrogen-bond acceptors (Lipinski definition) is 4. The fourth-order valence-corrected chi connectivity index (χ4v) is 1.55. The molecule has 2 aromatic carbocycles. The van der Waals surface area contributed by atoms with Gasteiger partial charge < -0.3 is 20.4 Å². The Hall–Kier alpha value is -2.43. The Morgan fingerprint density at radius 2 is 1.35 bits per heavy atom. The Balaban J connectivity index is 2.80. The monoisotopic (exact) mass is 236 g/mol. The van der Waals surface area contributed by atoms with Crippen LogP contribution in [0.3, 0.4) is 0 Å². The molecule has 5 heteroatoms. The molecule has 0 saturated heterocycles. The van der Waals surface area contributed by atoms with Crippen molar-refractivity contribution < 1.29 is 24.8 Å². The summed E-state index contributed by atoms with van der Waals surface area (Å²) in [7, 11) is 0. The molecule has 0 bridgehead atoms. The van der Waals surface area contributed by atoms with Crippen molar-refractivity contribution in [2.45, 2.75) is 0 Å². The first-order chi connectivity index (χ1) is 8.02. The van der Waals surface area contributed by atoms with Gasteiger partial charge in [-0.1, -0.05) is 18.2 Å². The zero-order valence-corrected chi connectivity index (χ0v) is 8.55. The SMILES string of the molecule is Oc1cc(O)c(O)c(-c2ccccc2F)c1O. The first-order valence-corrected chi connectivity index (χ1v) is 4.74. The minimum Gasteiger partial charge on any atom is -0.504 e. The summed E-state index contributed by atoms with van der Waals surface area (Å²) < 4.78 is 13.5. The average molecular weight is 236 g/mol. The first-order valence-electron chi connectivity index (χ1n) is 4.74.